The van der Waals surface area contributed by atoms with Gasteiger partial charge in [0.2, 0.25) is 5.91 Å². The van der Waals surface area contributed by atoms with Gasteiger partial charge in [-0.25, -0.2) is 0 Å². The first kappa shape index (κ1) is 20.4. The molecular weight excluding hydrogens is 386 g/mol. The highest BCUT2D eigenvalue weighted by Crippen LogP contribution is 2.30. The number of para-hydroxylation sites is 1. The number of hydrogen-bond donors (Lipinski definition) is 3. The molecule has 0 bridgehead atoms. The summed E-state index contributed by atoms with van der Waals surface area (Å²) in [5.74, 6) is -0.233. The summed E-state index contributed by atoms with van der Waals surface area (Å²) in [5.41, 5.74) is 3.96. The molecule has 0 aliphatic rings. The van der Waals surface area contributed by atoms with E-state index in [4.69, 9.17) is 0 Å². The summed E-state index contributed by atoms with van der Waals surface area (Å²) in [7, 11) is 0. The minimum Gasteiger partial charge on any atom is -0.361 e. The van der Waals surface area contributed by atoms with Crippen LogP contribution >= 0.6 is 0 Å². The molecule has 3 aromatic carbocycles. The lowest BCUT2D eigenvalue weighted by Crippen LogP contribution is -2.33. The summed E-state index contributed by atoms with van der Waals surface area (Å²) >= 11 is 0. The van der Waals surface area contributed by atoms with Crippen molar-refractivity contribution < 1.29 is 9.59 Å². The minimum atomic E-state index is -0.172. The van der Waals surface area contributed by atoms with E-state index < -0.39 is 0 Å². The largest absolute Gasteiger partial charge is 0.361 e. The molecule has 0 saturated carbocycles. The van der Waals surface area contributed by atoms with Gasteiger partial charge in [0.1, 0.15) is 0 Å². The molecule has 0 aliphatic carbocycles. The van der Waals surface area contributed by atoms with Gasteiger partial charge < -0.3 is 15.6 Å². The molecule has 5 nitrogen and oxygen atoms in total. The van der Waals surface area contributed by atoms with Crippen LogP contribution in [0.3, 0.4) is 0 Å². The highest BCUT2D eigenvalue weighted by molar-refractivity contribution is 5.94. The van der Waals surface area contributed by atoms with Crippen LogP contribution in [0, 0.1) is 0 Å². The van der Waals surface area contributed by atoms with Crippen molar-refractivity contribution in [2.24, 2.45) is 0 Å². The van der Waals surface area contributed by atoms with Crippen LogP contribution in [0.5, 0.6) is 0 Å². The van der Waals surface area contributed by atoms with Crippen LogP contribution < -0.4 is 10.6 Å². The molecule has 0 radical (unpaired) electrons. The number of hydrogen-bond acceptors (Lipinski definition) is 2. The van der Waals surface area contributed by atoms with Crippen molar-refractivity contribution in [3.05, 3.63) is 108 Å². The first-order chi connectivity index (χ1) is 15.2. The Labute approximate surface area is 181 Å². The number of carbonyl (C=O) groups is 2. The molecule has 31 heavy (non-hydrogen) atoms. The van der Waals surface area contributed by atoms with Crippen molar-refractivity contribution in [2.75, 3.05) is 13.1 Å². The van der Waals surface area contributed by atoms with Crippen LogP contribution in [0.1, 0.15) is 33.8 Å². The zero-order valence-corrected chi connectivity index (χ0v) is 17.2. The van der Waals surface area contributed by atoms with Gasteiger partial charge in [-0.2, -0.15) is 0 Å². The van der Waals surface area contributed by atoms with E-state index in [1.807, 2.05) is 54.7 Å². The van der Waals surface area contributed by atoms with Crippen molar-refractivity contribution >= 4 is 22.7 Å². The SMILES string of the molecule is O=C(CCNC(=O)c1ccccc1)NCC(c1ccccc1)c1c[nH]c2ccccc12. The first-order valence-electron chi connectivity index (χ1n) is 10.4. The number of amides is 2. The molecule has 0 aliphatic heterocycles. The van der Waals surface area contributed by atoms with Gasteiger partial charge in [-0.05, 0) is 29.3 Å². The lowest BCUT2D eigenvalue weighted by molar-refractivity contribution is -0.120. The Morgan fingerprint density at radius 3 is 2.26 bits per heavy atom. The van der Waals surface area contributed by atoms with Crippen molar-refractivity contribution in [2.45, 2.75) is 12.3 Å². The fourth-order valence-corrected chi connectivity index (χ4v) is 3.76. The Morgan fingerprint density at radius 1 is 0.806 bits per heavy atom. The van der Waals surface area contributed by atoms with E-state index in [9.17, 15) is 9.59 Å². The number of carbonyl (C=O) groups excluding carboxylic acids is 2. The Hall–Kier alpha value is -3.86. The van der Waals surface area contributed by atoms with E-state index in [0.29, 0.717) is 18.7 Å². The van der Waals surface area contributed by atoms with Gasteiger partial charge >= 0.3 is 0 Å². The van der Waals surface area contributed by atoms with E-state index in [-0.39, 0.29) is 24.2 Å². The first-order valence-corrected chi connectivity index (χ1v) is 10.4. The second kappa shape index (κ2) is 9.76. The summed E-state index contributed by atoms with van der Waals surface area (Å²) < 4.78 is 0. The quantitative estimate of drug-likeness (QED) is 0.406. The molecule has 5 heteroatoms. The molecule has 2 amide bonds. The van der Waals surface area contributed by atoms with Gasteiger partial charge in [0.15, 0.2) is 0 Å². The van der Waals surface area contributed by atoms with Crippen LogP contribution in [0.4, 0.5) is 0 Å². The Kier molecular flexibility index (Phi) is 6.43. The third kappa shape index (κ3) is 5.01. The molecule has 0 spiro atoms. The summed E-state index contributed by atoms with van der Waals surface area (Å²) in [6, 6.07) is 27.3. The van der Waals surface area contributed by atoms with Crippen molar-refractivity contribution in [3.63, 3.8) is 0 Å². The van der Waals surface area contributed by atoms with Crippen molar-refractivity contribution in [1.29, 1.82) is 0 Å². The van der Waals surface area contributed by atoms with Crippen molar-refractivity contribution in [3.8, 4) is 0 Å². The van der Waals surface area contributed by atoms with Crippen LogP contribution in [0.2, 0.25) is 0 Å². The number of nitrogens with one attached hydrogen (secondary N) is 3. The second-order valence-electron chi connectivity index (χ2n) is 7.43. The zero-order valence-electron chi connectivity index (χ0n) is 17.2. The van der Waals surface area contributed by atoms with E-state index >= 15 is 0 Å². The average Bonchev–Trinajstić information content (AvgIpc) is 3.24. The monoisotopic (exact) mass is 411 g/mol. The lowest BCUT2D eigenvalue weighted by Gasteiger charge is -2.18. The molecule has 3 N–H and O–H groups in total. The fourth-order valence-electron chi connectivity index (χ4n) is 3.76. The topological polar surface area (TPSA) is 74.0 Å². The number of rotatable bonds is 8. The maximum Gasteiger partial charge on any atom is 0.251 e. The molecule has 4 aromatic rings. The summed E-state index contributed by atoms with van der Waals surface area (Å²) in [6.07, 6.45) is 2.25. The van der Waals surface area contributed by atoms with Crippen molar-refractivity contribution in [1.82, 2.24) is 15.6 Å². The summed E-state index contributed by atoms with van der Waals surface area (Å²) in [4.78, 5) is 27.9. The normalized spacial score (nSPS) is 11.7. The third-order valence-electron chi connectivity index (χ3n) is 5.38. The summed E-state index contributed by atoms with van der Waals surface area (Å²) in [6.45, 7) is 0.778. The van der Waals surface area contributed by atoms with Crippen LogP contribution in [0.25, 0.3) is 10.9 Å². The third-order valence-corrected chi connectivity index (χ3v) is 5.38. The molecule has 0 saturated heterocycles. The number of aromatic amines is 1. The number of aromatic nitrogens is 1. The lowest BCUT2D eigenvalue weighted by atomic mass is 9.91. The number of H-pyrrole nitrogens is 1. The highest BCUT2D eigenvalue weighted by Gasteiger charge is 2.19. The van der Waals surface area contributed by atoms with Gasteiger partial charge in [0, 0.05) is 48.1 Å². The Balaban J connectivity index is 1.39. The van der Waals surface area contributed by atoms with E-state index in [1.54, 1.807) is 12.1 Å². The van der Waals surface area contributed by atoms with Crippen LogP contribution in [-0.2, 0) is 4.79 Å². The highest BCUT2D eigenvalue weighted by atomic mass is 16.2. The maximum absolute atomic E-state index is 12.5. The fraction of sp³-hybridized carbons (Fsp3) is 0.154. The number of fused-ring (bicyclic) bond motifs is 1. The predicted molar refractivity (Wildman–Crippen MR) is 123 cm³/mol. The zero-order chi connectivity index (χ0) is 21.5. The van der Waals surface area contributed by atoms with E-state index in [0.717, 1.165) is 22.0 Å². The van der Waals surface area contributed by atoms with E-state index in [2.05, 4.69) is 39.9 Å². The van der Waals surface area contributed by atoms with Crippen LogP contribution in [0.15, 0.2) is 91.1 Å². The van der Waals surface area contributed by atoms with Gasteiger partial charge in [0.25, 0.3) is 5.91 Å². The van der Waals surface area contributed by atoms with Crippen LogP contribution in [-0.4, -0.2) is 29.9 Å². The minimum absolute atomic E-state index is 0.0280. The standard InChI is InChI=1S/C26H25N3O2/c30-25(15-16-27-26(31)20-11-5-2-6-12-20)29-17-22(19-9-3-1-4-10-19)23-18-28-24-14-8-7-13-21(23)24/h1-14,18,22,28H,15-17H2,(H,27,31)(H,29,30). The van der Waals surface area contributed by atoms with Gasteiger partial charge in [0.05, 0.1) is 0 Å². The molecule has 156 valence electrons. The Morgan fingerprint density at radius 2 is 1.48 bits per heavy atom. The predicted octanol–water partition coefficient (Wildman–Crippen LogP) is 4.24. The molecule has 0 fully saturated rings. The second-order valence-corrected chi connectivity index (χ2v) is 7.43. The Bertz CT molecular complexity index is 1150. The molecule has 1 unspecified atom stereocenters. The van der Waals surface area contributed by atoms with Gasteiger partial charge in [-0.3, -0.25) is 9.59 Å². The molecular formula is C26H25N3O2. The maximum atomic E-state index is 12.5. The smallest absolute Gasteiger partial charge is 0.251 e. The van der Waals surface area contributed by atoms with E-state index in [1.165, 1.54) is 0 Å². The molecule has 4 rings (SSSR count). The molecule has 1 heterocycles. The number of benzene rings is 3. The molecule has 1 atom stereocenters. The van der Waals surface area contributed by atoms with Gasteiger partial charge in [-0.15, -0.1) is 0 Å². The summed E-state index contributed by atoms with van der Waals surface area (Å²) in [5, 5.41) is 6.99. The average molecular weight is 412 g/mol. The van der Waals surface area contributed by atoms with Gasteiger partial charge in [-0.1, -0.05) is 66.7 Å². The molecule has 1 aromatic heterocycles.